The van der Waals surface area contributed by atoms with Crippen LogP contribution in [0.3, 0.4) is 0 Å². The van der Waals surface area contributed by atoms with E-state index in [-0.39, 0.29) is 23.7 Å². The molecule has 0 bridgehead atoms. The Morgan fingerprint density at radius 3 is 2.82 bits per heavy atom. The molecular formula is C12H18FN3O. The lowest BCUT2D eigenvalue weighted by molar-refractivity contribution is 0.253. The number of rotatable bonds is 6. The van der Waals surface area contributed by atoms with Crippen molar-refractivity contribution in [1.82, 2.24) is 9.97 Å². The van der Waals surface area contributed by atoms with Gasteiger partial charge in [0, 0.05) is 13.2 Å². The van der Waals surface area contributed by atoms with Crippen LogP contribution in [0, 0.1) is 11.2 Å². The van der Waals surface area contributed by atoms with Gasteiger partial charge in [-0.2, -0.15) is 0 Å². The topological polar surface area (TPSA) is 58.0 Å². The molecule has 0 radical (unpaired) electrons. The van der Waals surface area contributed by atoms with Crippen LogP contribution in [0.1, 0.15) is 31.9 Å². The summed E-state index contributed by atoms with van der Waals surface area (Å²) >= 11 is 0. The summed E-state index contributed by atoms with van der Waals surface area (Å²) in [6.07, 6.45) is 4.90. The number of hydrogen-bond donors (Lipinski definition) is 2. The van der Waals surface area contributed by atoms with E-state index in [0.717, 1.165) is 19.3 Å². The van der Waals surface area contributed by atoms with Crippen molar-refractivity contribution in [2.45, 2.75) is 32.6 Å². The van der Waals surface area contributed by atoms with Gasteiger partial charge in [0.2, 0.25) is 0 Å². The van der Waals surface area contributed by atoms with E-state index in [1.165, 1.54) is 6.33 Å². The molecular weight excluding hydrogens is 221 g/mol. The molecule has 4 nitrogen and oxygen atoms in total. The monoisotopic (exact) mass is 239 g/mol. The average molecular weight is 239 g/mol. The van der Waals surface area contributed by atoms with E-state index in [2.05, 4.69) is 15.3 Å². The van der Waals surface area contributed by atoms with Crippen LogP contribution in [0.25, 0.3) is 0 Å². The van der Waals surface area contributed by atoms with Gasteiger partial charge in [0.1, 0.15) is 6.33 Å². The van der Waals surface area contributed by atoms with E-state index >= 15 is 0 Å². The number of nitrogens with zero attached hydrogens (tertiary/aromatic N) is 2. The summed E-state index contributed by atoms with van der Waals surface area (Å²) in [6.45, 7) is 2.72. The Hall–Kier alpha value is -1.23. The SMILES string of the molecule is CCc1ncnc(NCC2(CCO)CC2)c1F. The predicted molar refractivity (Wildman–Crippen MR) is 63.2 cm³/mol. The molecule has 0 amide bonds. The fourth-order valence-corrected chi connectivity index (χ4v) is 1.98. The van der Waals surface area contributed by atoms with Crippen LogP contribution in [0.5, 0.6) is 0 Å². The molecule has 0 spiro atoms. The number of aliphatic hydroxyl groups excluding tert-OH is 1. The van der Waals surface area contributed by atoms with E-state index in [0.29, 0.717) is 18.7 Å². The molecule has 1 aliphatic carbocycles. The Kier molecular flexibility index (Phi) is 3.57. The second kappa shape index (κ2) is 4.96. The number of aromatic nitrogens is 2. The predicted octanol–water partition coefficient (Wildman–Crippen LogP) is 1.75. The fraction of sp³-hybridized carbons (Fsp3) is 0.667. The van der Waals surface area contributed by atoms with Crippen LogP contribution < -0.4 is 5.32 Å². The zero-order valence-electron chi connectivity index (χ0n) is 10.0. The highest BCUT2D eigenvalue weighted by molar-refractivity contribution is 5.37. The molecule has 1 fully saturated rings. The lowest BCUT2D eigenvalue weighted by Gasteiger charge is -2.15. The molecule has 5 heteroatoms. The first-order valence-electron chi connectivity index (χ1n) is 6.05. The molecule has 1 saturated carbocycles. The van der Waals surface area contributed by atoms with Gasteiger partial charge in [0.25, 0.3) is 0 Å². The van der Waals surface area contributed by atoms with Crippen molar-refractivity contribution in [3.63, 3.8) is 0 Å². The summed E-state index contributed by atoms with van der Waals surface area (Å²) in [7, 11) is 0. The van der Waals surface area contributed by atoms with Gasteiger partial charge >= 0.3 is 0 Å². The standard InChI is InChI=1S/C12H18FN3O/c1-2-9-10(13)11(16-8-15-9)14-7-12(3-4-12)5-6-17/h8,17H,2-7H2,1H3,(H,14,15,16). The van der Waals surface area contributed by atoms with Crippen molar-refractivity contribution in [2.75, 3.05) is 18.5 Å². The normalized spacial score (nSPS) is 16.9. The van der Waals surface area contributed by atoms with Gasteiger partial charge in [0.05, 0.1) is 5.69 Å². The summed E-state index contributed by atoms with van der Waals surface area (Å²) in [4.78, 5) is 7.81. The largest absolute Gasteiger partial charge is 0.396 e. The summed E-state index contributed by atoms with van der Waals surface area (Å²) in [5.74, 6) is -0.0733. The summed E-state index contributed by atoms with van der Waals surface area (Å²) < 4.78 is 13.8. The van der Waals surface area contributed by atoms with Gasteiger partial charge in [-0.3, -0.25) is 0 Å². The van der Waals surface area contributed by atoms with Crippen LogP contribution in [-0.2, 0) is 6.42 Å². The van der Waals surface area contributed by atoms with Crippen LogP contribution >= 0.6 is 0 Å². The van der Waals surface area contributed by atoms with Crippen molar-refractivity contribution in [3.8, 4) is 0 Å². The Labute approximate surface area is 100 Å². The number of nitrogens with one attached hydrogen (secondary N) is 1. The first-order valence-corrected chi connectivity index (χ1v) is 6.05. The van der Waals surface area contributed by atoms with E-state index < -0.39 is 0 Å². The van der Waals surface area contributed by atoms with Gasteiger partial charge in [-0.25, -0.2) is 14.4 Å². The third-order valence-electron chi connectivity index (χ3n) is 3.43. The maximum Gasteiger partial charge on any atom is 0.186 e. The maximum atomic E-state index is 13.8. The third-order valence-corrected chi connectivity index (χ3v) is 3.43. The zero-order valence-corrected chi connectivity index (χ0v) is 10.0. The Morgan fingerprint density at radius 2 is 2.24 bits per heavy atom. The molecule has 94 valence electrons. The Bertz CT molecular complexity index is 393. The second-order valence-corrected chi connectivity index (χ2v) is 4.66. The second-order valence-electron chi connectivity index (χ2n) is 4.66. The minimum absolute atomic E-state index is 0.151. The Morgan fingerprint density at radius 1 is 1.47 bits per heavy atom. The van der Waals surface area contributed by atoms with E-state index in [9.17, 15) is 4.39 Å². The molecule has 0 aromatic carbocycles. The lowest BCUT2D eigenvalue weighted by atomic mass is 10.0. The maximum absolute atomic E-state index is 13.8. The van der Waals surface area contributed by atoms with Gasteiger partial charge in [-0.15, -0.1) is 0 Å². The smallest absolute Gasteiger partial charge is 0.186 e. The molecule has 1 aromatic rings. The van der Waals surface area contributed by atoms with Crippen LogP contribution in [-0.4, -0.2) is 28.2 Å². The van der Waals surface area contributed by atoms with Crippen molar-refractivity contribution in [2.24, 2.45) is 5.41 Å². The highest BCUT2D eigenvalue weighted by Gasteiger charge is 2.41. The van der Waals surface area contributed by atoms with Crippen molar-refractivity contribution in [3.05, 3.63) is 17.8 Å². The third kappa shape index (κ3) is 2.72. The van der Waals surface area contributed by atoms with Crippen LogP contribution in [0.15, 0.2) is 6.33 Å². The summed E-state index contributed by atoms with van der Waals surface area (Å²) in [6, 6.07) is 0. The first kappa shape index (κ1) is 12.2. The minimum atomic E-state index is -0.352. The number of anilines is 1. The minimum Gasteiger partial charge on any atom is -0.396 e. The molecule has 0 unspecified atom stereocenters. The molecule has 0 aliphatic heterocycles. The molecule has 2 N–H and O–H groups in total. The first-order chi connectivity index (χ1) is 8.21. The van der Waals surface area contributed by atoms with Gasteiger partial charge < -0.3 is 10.4 Å². The number of aliphatic hydroxyl groups is 1. The molecule has 1 heterocycles. The van der Waals surface area contributed by atoms with E-state index in [1.54, 1.807) is 0 Å². The van der Waals surface area contributed by atoms with Crippen molar-refractivity contribution in [1.29, 1.82) is 0 Å². The number of hydrogen-bond acceptors (Lipinski definition) is 4. The van der Waals surface area contributed by atoms with Gasteiger partial charge in [-0.1, -0.05) is 6.92 Å². The quantitative estimate of drug-likeness (QED) is 0.794. The Balaban J connectivity index is 1.99. The zero-order chi connectivity index (χ0) is 12.3. The fourth-order valence-electron chi connectivity index (χ4n) is 1.98. The highest BCUT2D eigenvalue weighted by Crippen LogP contribution is 2.48. The molecule has 0 saturated heterocycles. The van der Waals surface area contributed by atoms with Gasteiger partial charge in [-0.05, 0) is 31.1 Å². The lowest BCUT2D eigenvalue weighted by Crippen LogP contribution is -2.18. The molecule has 0 atom stereocenters. The van der Waals surface area contributed by atoms with Crippen molar-refractivity contribution >= 4 is 5.82 Å². The summed E-state index contributed by atoms with van der Waals surface area (Å²) in [5, 5.41) is 12.0. The summed E-state index contributed by atoms with van der Waals surface area (Å²) in [5.41, 5.74) is 0.591. The molecule has 1 aromatic heterocycles. The number of halogens is 1. The number of aryl methyl sites for hydroxylation is 1. The molecule has 2 rings (SSSR count). The van der Waals surface area contributed by atoms with Crippen LogP contribution in [0.4, 0.5) is 10.2 Å². The van der Waals surface area contributed by atoms with E-state index in [4.69, 9.17) is 5.11 Å². The van der Waals surface area contributed by atoms with Crippen LogP contribution in [0.2, 0.25) is 0 Å². The highest BCUT2D eigenvalue weighted by atomic mass is 19.1. The van der Waals surface area contributed by atoms with Gasteiger partial charge in [0.15, 0.2) is 11.6 Å². The average Bonchev–Trinajstić information content (AvgIpc) is 3.09. The molecule has 17 heavy (non-hydrogen) atoms. The van der Waals surface area contributed by atoms with E-state index in [1.807, 2.05) is 6.92 Å². The molecule has 1 aliphatic rings. The van der Waals surface area contributed by atoms with Crippen molar-refractivity contribution < 1.29 is 9.50 Å².